The van der Waals surface area contributed by atoms with Crippen LogP contribution in [0.1, 0.15) is 18.4 Å². The van der Waals surface area contributed by atoms with Gasteiger partial charge in [-0.3, -0.25) is 9.78 Å². The number of aromatic nitrogens is 1. The molecule has 2 aromatic rings. The lowest BCUT2D eigenvalue weighted by molar-refractivity contribution is -0.126. The van der Waals surface area contributed by atoms with Gasteiger partial charge < -0.3 is 14.8 Å². The molecule has 0 spiro atoms. The van der Waals surface area contributed by atoms with Crippen molar-refractivity contribution in [3.05, 3.63) is 48.3 Å². The van der Waals surface area contributed by atoms with Gasteiger partial charge in [0.1, 0.15) is 16.4 Å². The van der Waals surface area contributed by atoms with Crippen molar-refractivity contribution in [2.24, 2.45) is 5.92 Å². The number of rotatable bonds is 7. The molecule has 1 aromatic heterocycles. The minimum atomic E-state index is -3.57. The van der Waals surface area contributed by atoms with Gasteiger partial charge >= 0.3 is 0 Å². The van der Waals surface area contributed by atoms with E-state index in [9.17, 15) is 13.2 Å². The lowest BCUT2D eigenvalue weighted by Crippen LogP contribution is -2.42. The summed E-state index contributed by atoms with van der Waals surface area (Å²) in [4.78, 5) is 16.6. The lowest BCUT2D eigenvalue weighted by atomic mass is 9.97. The molecule has 156 valence electrons. The van der Waals surface area contributed by atoms with Gasteiger partial charge in [-0.1, -0.05) is 0 Å². The van der Waals surface area contributed by atoms with Crippen LogP contribution in [0.2, 0.25) is 0 Å². The molecule has 3 rings (SSSR count). The maximum atomic E-state index is 12.7. The Balaban J connectivity index is 1.57. The molecule has 0 saturated carbocycles. The summed E-state index contributed by atoms with van der Waals surface area (Å²) in [6.45, 7) is 0.920. The maximum absolute atomic E-state index is 12.7. The average Bonchev–Trinajstić information content (AvgIpc) is 2.77. The molecule has 8 nitrogen and oxygen atoms in total. The molecule has 29 heavy (non-hydrogen) atoms. The first-order valence-electron chi connectivity index (χ1n) is 9.34. The molecule has 1 aliphatic heterocycles. The Bertz CT molecular complexity index is 942. The summed E-state index contributed by atoms with van der Waals surface area (Å²) < 4.78 is 37.3. The van der Waals surface area contributed by atoms with Gasteiger partial charge in [-0.25, -0.2) is 8.42 Å². The van der Waals surface area contributed by atoms with E-state index in [1.807, 2.05) is 6.07 Å². The van der Waals surface area contributed by atoms with E-state index in [4.69, 9.17) is 9.47 Å². The molecular weight excluding hydrogens is 394 g/mol. The third-order valence-electron chi connectivity index (χ3n) is 5.04. The molecule has 1 amide bonds. The van der Waals surface area contributed by atoms with E-state index >= 15 is 0 Å². The number of hydrogen-bond donors (Lipinski definition) is 1. The Morgan fingerprint density at radius 3 is 2.59 bits per heavy atom. The number of carbonyl (C=O) groups is 1. The number of nitrogens with one attached hydrogen (secondary N) is 1. The third-order valence-corrected chi connectivity index (χ3v) is 6.92. The molecule has 0 radical (unpaired) electrons. The van der Waals surface area contributed by atoms with Crippen LogP contribution in [0.15, 0.2) is 47.6 Å². The van der Waals surface area contributed by atoms with Crippen LogP contribution in [0.3, 0.4) is 0 Å². The summed E-state index contributed by atoms with van der Waals surface area (Å²) in [7, 11) is -0.419. The fourth-order valence-electron chi connectivity index (χ4n) is 3.35. The minimum absolute atomic E-state index is 0.0895. The monoisotopic (exact) mass is 419 g/mol. The van der Waals surface area contributed by atoms with Gasteiger partial charge in [0.2, 0.25) is 15.9 Å². The van der Waals surface area contributed by atoms with E-state index in [1.54, 1.807) is 32.4 Å². The van der Waals surface area contributed by atoms with E-state index in [1.165, 1.54) is 22.8 Å². The zero-order valence-electron chi connectivity index (χ0n) is 16.5. The predicted molar refractivity (Wildman–Crippen MR) is 107 cm³/mol. The number of piperidine rings is 1. The Morgan fingerprint density at radius 2 is 1.97 bits per heavy atom. The summed E-state index contributed by atoms with van der Waals surface area (Å²) in [6, 6.07) is 8.54. The van der Waals surface area contributed by atoms with Gasteiger partial charge in [0.05, 0.1) is 14.2 Å². The van der Waals surface area contributed by atoms with Crippen molar-refractivity contribution in [2.45, 2.75) is 24.3 Å². The largest absolute Gasteiger partial charge is 0.497 e. The van der Waals surface area contributed by atoms with Crippen molar-refractivity contribution in [1.29, 1.82) is 0 Å². The zero-order chi connectivity index (χ0) is 20.9. The molecule has 0 unspecified atom stereocenters. The van der Waals surface area contributed by atoms with Crippen LogP contribution in [-0.2, 0) is 21.4 Å². The van der Waals surface area contributed by atoms with Crippen molar-refractivity contribution >= 4 is 15.9 Å². The summed E-state index contributed by atoms with van der Waals surface area (Å²) >= 11 is 0. The van der Waals surface area contributed by atoms with Crippen LogP contribution in [0.25, 0.3) is 0 Å². The first kappa shape index (κ1) is 21.1. The third kappa shape index (κ3) is 4.86. The number of ether oxygens (including phenoxy) is 2. The summed E-state index contributed by atoms with van der Waals surface area (Å²) in [5, 5.41) is 2.93. The van der Waals surface area contributed by atoms with E-state index in [0.29, 0.717) is 44.0 Å². The number of nitrogens with zero attached hydrogens (tertiary/aromatic N) is 2. The molecule has 1 N–H and O–H groups in total. The first-order valence-corrected chi connectivity index (χ1v) is 10.8. The fourth-order valence-corrected chi connectivity index (χ4v) is 4.79. The summed E-state index contributed by atoms with van der Waals surface area (Å²) in [6.07, 6.45) is 3.82. The van der Waals surface area contributed by atoms with Crippen LogP contribution < -0.4 is 14.8 Å². The molecule has 0 atom stereocenters. The average molecular weight is 420 g/mol. The molecule has 1 aliphatic rings. The molecule has 9 heteroatoms. The zero-order valence-corrected chi connectivity index (χ0v) is 17.3. The number of amides is 1. The Labute approximate surface area is 170 Å². The topological polar surface area (TPSA) is 97.8 Å². The highest BCUT2D eigenvalue weighted by Gasteiger charge is 2.32. The van der Waals surface area contributed by atoms with Crippen molar-refractivity contribution < 1.29 is 22.7 Å². The highest BCUT2D eigenvalue weighted by Crippen LogP contribution is 2.26. The molecule has 2 heterocycles. The lowest BCUT2D eigenvalue weighted by Gasteiger charge is -2.30. The highest BCUT2D eigenvalue weighted by molar-refractivity contribution is 7.89. The van der Waals surface area contributed by atoms with Crippen LogP contribution in [0.4, 0.5) is 0 Å². The van der Waals surface area contributed by atoms with Crippen LogP contribution in [0, 0.1) is 5.92 Å². The molecule has 1 fully saturated rings. The standard InChI is InChI=1S/C20H25N3O5S/c1-27-17-5-6-19(28-2)16(12-17)13-22-20(24)15-7-10-23(11-8-15)29(25,26)18-4-3-9-21-14-18/h3-6,9,12,14-15H,7-8,10-11,13H2,1-2H3,(H,22,24). The second kappa shape index (κ2) is 9.23. The minimum Gasteiger partial charge on any atom is -0.497 e. The number of methoxy groups -OCH3 is 2. The molecule has 0 aliphatic carbocycles. The summed E-state index contributed by atoms with van der Waals surface area (Å²) in [5.74, 6) is 1.03. The quantitative estimate of drug-likeness (QED) is 0.735. The van der Waals surface area contributed by atoms with Crippen molar-refractivity contribution in [3.8, 4) is 11.5 Å². The number of pyridine rings is 1. The molecule has 1 aromatic carbocycles. The second-order valence-corrected chi connectivity index (χ2v) is 8.70. The number of carbonyl (C=O) groups excluding carboxylic acids is 1. The fraction of sp³-hybridized carbons (Fsp3) is 0.400. The molecular formula is C20H25N3O5S. The normalized spacial score (nSPS) is 15.7. The van der Waals surface area contributed by atoms with E-state index < -0.39 is 10.0 Å². The smallest absolute Gasteiger partial charge is 0.244 e. The van der Waals surface area contributed by atoms with Crippen LogP contribution >= 0.6 is 0 Å². The van der Waals surface area contributed by atoms with Gasteiger partial charge in [0, 0.05) is 43.5 Å². The predicted octanol–water partition coefficient (Wildman–Crippen LogP) is 1.82. The van der Waals surface area contributed by atoms with Crippen molar-refractivity contribution in [3.63, 3.8) is 0 Å². The van der Waals surface area contributed by atoms with Gasteiger partial charge in [-0.2, -0.15) is 4.31 Å². The van der Waals surface area contributed by atoms with Gasteiger partial charge in [0.25, 0.3) is 0 Å². The summed E-state index contributed by atoms with van der Waals surface area (Å²) in [5.41, 5.74) is 0.816. The number of benzene rings is 1. The van der Waals surface area contributed by atoms with Gasteiger partial charge in [0.15, 0.2) is 0 Å². The Hall–Kier alpha value is -2.65. The Morgan fingerprint density at radius 1 is 1.21 bits per heavy atom. The van der Waals surface area contributed by atoms with Crippen LogP contribution in [0.5, 0.6) is 11.5 Å². The van der Waals surface area contributed by atoms with E-state index in [0.717, 1.165) is 5.56 Å². The molecule has 0 bridgehead atoms. The second-order valence-electron chi connectivity index (χ2n) is 6.76. The van der Waals surface area contributed by atoms with Crippen LogP contribution in [-0.4, -0.2) is 50.9 Å². The van der Waals surface area contributed by atoms with E-state index in [-0.39, 0.29) is 16.7 Å². The highest BCUT2D eigenvalue weighted by atomic mass is 32.2. The van der Waals surface area contributed by atoms with Crippen molar-refractivity contribution in [1.82, 2.24) is 14.6 Å². The number of hydrogen-bond acceptors (Lipinski definition) is 6. The molecule has 1 saturated heterocycles. The first-order chi connectivity index (χ1) is 14.0. The SMILES string of the molecule is COc1ccc(OC)c(CNC(=O)C2CCN(S(=O)(=O)c3cccnc3)CC2)c1. The van der Waals surface area contributed by atoms with Crippen molar-refractivity contribution in [2.75, 3.05) is 27.3 Å². The number of sulfonamides is 1. The van der Waals surface area contributed by atoms with Gasteiger partial charge in [-0.05, 0) is 43.2 Å². The Kier molecular flexibility index (Phi) is 6.71. The maximum Gasteiger partial charge on any atom is 0.244 e. The van der Waals surface area contributed by atoms with E-state index in [2.05, 4.69) is 10.3 Å². The van der Waals surface area contributed by atoms with Gasteiger partial charge in [-0.15, -0.1) is 0 Å².